The molecular weight excluding hydrogens is 306 g/mol. The second-order valence-corrected chi connectivity index (χ2v) is 7.23. The standard InChI is InChI=1S/C15H20BrNO2/c1-14(2)12(15(14,3)4)8-17-11-6-5-9(13(18)19)7-10(11)16/h5-7,12,17H,8H2,1-4H3,(H,18,19). The van der Waals surface area contributed by atoms with Crippen molar-refractivity contribution in [3.05, 3.63) is 28.2 Å². The van der Waals surface area contributed by atoms with Crippen molar-refractivity contribution in [1.82, 2.24) is 0 Å². The number of carbonyl (C=O) groups is 1. The van der Waals surface area contributed by atoms with Gasteiger partial charge in [-0.2, -0.15) is 0 Å². The van der Waals surface area contributed by atoms with Crippen LogP contribution in [0.1, 0.15) is 38.1 Å². The summed E-state index contributed by atoms with van der Waals surface area (Å²) in [6.07, 6.45) is 0. The fraction of sp³-hybridized carbons (Fsp3) is 0.533. The van der Waals surface area contributed by atoms with Crippen LogP contribution in [-0.4, -0.2) is 17.6 Å². The van der Waals surface area contributed by atoms with Gasteiger partial charge < -0.3 is 10.4 Å². The van der Waals surface area contributed by atoms with E-state index in [0.29, 0.717) is 22.3 Å². The smallest absolute Gasteiger partial charge is 0.335 e. The van der Waals surface area contributed by atoms with E-state index in [1.807, 2.05) is 6.07 Å². The van der Waals surface area contributed by atoms with Gasteiger partial charge in [0, 0.05) is 16.7 Å². The number of hydrogen-bond acceptors (Lipinski definition) is 2. The number of rotatable bonds is 4. The molecule has 3 nitrogen and oxygen atoms in total. The SMILES string of the molecule is CC1(C)C(CNc2ccc(C(=O)O)cc2Br)C1(C)C. The molecule has 0 amide bonds. The summed E-state index contributed by atoms with van der Waals surface area (Å²) in [5.41, 5.74) is 1.95. The maximum atomic E-state index is 10.9. The molecule has 1 aromatic carbocycles. The number of anilines is 1. The largest absolute Gasteiger partial charge is 0.478 e. The lowest BCUT2D eigenvalue weighted by Gasteiger charge is -2.10. The van der Waals surface area contributed by atoms with Crippen LogP contribution >= 0.6 is 15.9 Å². The monoisotopic (exact) mass is 325 g/mol. The van der Waals surface area contributed by atoms with Crippen molar-refractivity contribution >= 4 is 27.6 Å². The minimum atomic E-state index is -0.906. The zero-order valence-electron chi connectivity index (χ0n) is 11.7. The third kappa shape index (κ3) is 2.38. The van der Waals surface area contributed by atoms with Crippen molar-refractivity contribution in [3.8, 4) is 0 Å². The maximum absolute atomic E-state index is 10.9. The van der Waals surface area contributed by atoms with Gasteiger partial charge in [0.25, 0.3) is 0 Å². The van der Waals surface area contributed by atoms with Gasteiger partial charge in [-0.3, -0.25) is 0 Å². The highest BCUT2D eigenvalue weighted by Gasteiger charge is 2.64. The average molecular weight is 326 g/mol. The van der Waals surface area contributed by atoms with Gasteiger partial charge in [-0.05, 0) is 50.9 Å². The number of benzene rings is 1. The number of aromatic carboxylic acids is 1. The van der Waals surface area contributed by atoms with Crippen LogP contribution in [0.5, 0.6) is 0 Å². The third-order valence-corrected chi connectivity index (χ3v) is 5.69. The van der Waals surface area contributed by atoms with Crippen molar-refractivity contribution in [3.63, 3.8) is 0 Å². The van der Waals surface area contributed by atoms with E-state index in [9.17, 15) is 4.79 Å². The maximum Gasteiger partial charge on any atom is 0.335 e. The summed E-state index contributed by atoms with van der Waals surface area (Å²) < 4.78 is 0.795. The second-order valence-electron chi connectivity index (χ2n) is 6.38. The molecule has 4 heteroatoms. The molecule has 1 aromatic rings. The van der Waals surface area contributed by atoms with E-state index in [-0.39, 0.29) is 0 Å². The van der Waals surface area contributed by atoms with Gasteiger partial charge in [0.15, 0.2) is 0 Å². The Morgan fingerprint density at radius 3 is 2.32 bits per heavy atom. The molecule has 0 bridgehead atoms. The van der Waals surface area contributed by atoms with Gasteiger partial charge in [0.05, 0.1) is 5.56 Å². The molecule has 104 valence electrons. The summed E-state index contributed by atoms with van der Waals surface area (Å²) in [5, 5.41) is 12.3. The molecule has 19 heavy (non-hydrogen) atoms. The Morgan fingerprint density at radius 2 is 1.89 bits per heavy atom. The first kappa shape index (κ1) is 14.4. The Bertz CT molecular complexity index is 509. The fourth-order valence-electron chi connectivity index (χ4n) is 2.85. The Morgan fingerprint density at radius 1 is 1.32 bits per heavy atom. The number of nitrogens with one attached hydrogen (secondary N) is 1. The molecule has 1 aliphatic carbocycles. The van der Waals surface area contributed by atoms with Crippen LogP contribution in [-0.2, 0) is 0 Å². The zero-order valence-corrected chi connectivity index (χ0v) is 13.3. The second kappa shape index (κ2) is 4.51. The normalized spacial score (nSPS) is 20.1. The van der Waals surface area contributed by atoms with E-state index in [4.69, 9.17) is 5.11 Å². The van der Waals surface area contributed by atoms with E-state index in [1.165, 1.54) is 0 Å². The lowest BCUT2D eigenvalue weighted by Crippen LogP contribution is -2.09. The van der Waals surface area contributed by atoms with Crippen LogP contribution in [0.4, 0.5) is 5.69 Å². The minimum absolute atomic E-state index is 0.296. The van der Waals surface area contributed by atoms with Gasteiger partial charge in [-0.1, -0.05) is 27.7 Å². The third-order valence-electron chi connectivity index (χ3n) is 5.03. The molecule has 0 heterocycles. The van der Waals surface area contributed by atoms with E-state index in [0.717, 1.165) is 16.7 Å². The number of carboxylic acids is 1. The van der Waals surface area contributed by atoms with E-state index in [2.05, 4.69) is 48.9 Å². The van der Waals surface area contributed by atoms with Gasteiger partial charge in [-0.15, -0.1) is 0 Å². The lowest BCUT2D eigenvalue weighted by molar-refractivity contribution is 0.0697. The van der Waals surface area contributed by atoms with Gasteiger partial charge in [0.1, 0.15) is 0 Å². The molecule has 0 saturated heterocycles. The first-order valence-corrected chi connectivity index (χ1v) is 7.24. The molecule has 0 radical (unpaired) electrons. The van der Waals surface area contributed by atoms with E-state index >= 15 is 0 Å². The van der Waals surface area contributed by atoms with Crippen molar-refractivity contribution in [2.24, 2.45) is 16.7 Å². The number of hydrogen-bond donors (Lipinski definition) is 2. The average Bonchev–Trinajstić information content (AvgIpc) is 2.68. The fourth-order valence-corrected chi connectivity index (χ4v) is 3.37. The molecule has 1 aliphatic rings. The summed E-state index contributed by atoms with van der Waals surface area (Å²) in [7, 11) is 0. The predicted molar refractivity (Wildman–Crippen MR) is 80.6 cm³/mol. The first-order valence-electron chi connectivity index (χ1n) is 6.44. The number of carboxylic acid groups (broad SMARTS) is 1. The van der Waals surface area contributed by atoms with Crippen LogP contribution in [0.15, 0.2) is 22.7 Å². The van der Waals surface area contributed by atoms with Crippen LogP contribution in [0, 0.1) is 16.7 Å². The van der Waals surface area contributed by atoms with Crippen LogP contribution in [0.3, 0.4) is 0 Å². The van der Waals surface area contributed by atoms with Crippen LogP contribution < -0.4 is 5.32 Å². The first-order chi connectivity index (χ1) is 8.68. The molecule has 0 aliphatic heterocycles. The predicted octanol–water partition coefficient (Wildman–Crippen LogP) is 4.24. The van der Waals surface area contributed by atoms with Crippen molar-refractivity contribution < 1.29 is 9.90 Å². The quantitative estimate of drug-likeness (QED) is 0.870. The van der Waals surface area contributed by atoms with Gasteiger partial charge in [0.2, 0.25) is 0 Å². The highest BCUT2D eigenvalue weighted by atomic mass is 79.9. The van der Waals surface area contributed by atoms with Crippen molar-refractivity contribution in [2.75, 3.05) is 11.9 Å². The van der Waals surface area contributed by atoms with Crippen molar-refractivity contribution in [1.29, 1.82) is 0 Å². The molecule has 1 fully saturated rings. The van der Waals surface area contributed by atoms with Crippen LogP contribution in [0.25, 0.3) is 0 Å². The summed E-state index contributed by atoms with van der Waals surface area (Å²) in [5.74, 6) is -0.275. The van der Waals surface area contributed by atoms with Gasteiger partial charge >= 0.3 is 5.97 Å². The topological polar surface area (TPSA) is 49.3 Å². The Kier molecular flexibility index (Phi) is 3.42. The molecule has 1 saturated carbocycles. The summed E-state index contributed by atoms with van der Waals surface area (Å²) in [6.45, 7) is 10.1. The Balaban J connectivity index is 2.04. The number of halogens is 1. The lowest BCUT2D eigenvalue weighted by atomic mass is 10.0. The molecule has 0 spiro atoms. The highest BCUT2D eigenvalue weighted by molar-refractivity contribution is 9.10. The van der Waals surface area contributed by atoms with Crippen LogP contribution in [0.2, 0.25) is 0 Å². The minimum Gasteiger partial charge on any atom is -0.478 e. The van der Waals surface area contributed by atoms with E-state index in [1.54, 1.807) is 12.1 Å². The highest BCUT2D eigenvalue weighted by Crippen LogP contribution is 2.68. The van der Waals surface area contributed by atoms with Gasteiger partial charge in [-0.25, -0.2) is 4.79 Å². The molecule has 2 rings (SSSR count). The Hall–Kier alpha value is -1.03. The van der Waals surface area contributed by atoms with Crippen molar-refractivity contribution in [2.45, 2.75) is 27.7 Å². The molecular formula is C15H20BrNO2. The van der Waals surface area contributed by atoms with E-state index < -0.39 is 5.97 Å². The summed E-state index contributed by atoms with van der Waals surface area (Å²) in [4.78, 5) is 10.9. The molecule has 0 atom stereocenters. The molecule has 0 aromatic heterocycles. The summed E-state index contributed by atoms with van der Waals surface area (Å²) >= 11 is 3.42. The zero-order chi connectivity index (χ0) is 14.4. The summed E-state index contributed by atoms with van der Waals surface area (Å²) in [6, 6.07) is 5.07. The Labute approximate surface area is 122 Å². The molecule has 2 N–H and O–H groups in total. The molecule has 0 unspecified atom stereocenters.